The molecular formula is C13H27NO2S. The Hall–Kier alpha value is 0.0700. The van der Waals surface area contributed by atoms with E-state index in [1.807, 2.05) is 0 Å². The van der Waals surface area contributed by atoms with Crippen molar-refractivity contribution in [2.75, 3.05) is 31.8 Å². The van der Waals surface area contributed by atoms with Crippen LogP contribution < -0.4 is 5.32 Å². The molecule has 3 atom stereocenters. The molecule has 0 heterocycles. The fourth-order valence-electron chi connectivity index (χ4n) is 2.66. The monoisotopic (exact) mass is 261 g/mol. The van der Waals surface area contributed by atoms with Gasteiger partial charge in [-0.2, -0.15) is 0 Å². The van der Waals surface area contributed by atoms with E-state index in [0.29, 0.717) is 6.04 Å². The number of nitrogens with one attached hydrogen (secondary N) is 1. The van der Waals surface area contributed by atoms with Crippen molar-refractivity contribution in [1.82, 2.24) is 5.32 Å². The van der Waals surface area contributed by atoms with Crippen LogP contribution in [0.3, 0.4) is 0 Å². The molecule has 0 amide bonds. The molecule has 0 aromatic carbocycles. The van der Waals surface area contributed by atoms with Crippen molar-refractivity contribution in [3.63, 3.8) is 0 Å². The zero-order valence-corrected chi connectivity index (χ0v) is 12.1. The minimum atomic E-state index is -0.644. The van der Waals surface area contributed by atoms with Crippen LogP contribution in [-0.4, -0.2) is 42.0 Å². The van der Waals surface area contributed by atoms with E-state index in [4.69, 9.17) is 4.74 Å². The summed E-state index contributed by atoms with van der Waals surface area (Å²) in [6, 6.07) is 0.677. The van der Waals surface area contributed by atoms with E-state index in [2.05, 4.69) is 12.2 Å². The van der Waals surface area contributed by atoms with Crippen LogP contribution >= 0.6 is 0 Å². The Balaban J connectivity index is 2.14. The van der Waals surface area contributed by atoms with Gasteiger partial charge in [0.1, 0.15) is 0 Å². The first-order valence-electron chi connectivity index (χ1n) is 6.85. The van der Waals surface area contributed by atoms with Gasteiger partial charge in [0.2, 0.25) is 0 Å². The van der Waals surface area contributed by atoms with E-state index in [9.17, 15) is 4.21 Å². The first kappa shape index (κ1) is 15.1. The molecule has 0 aromatic rings. The lowest BCUT2D eigenvalue weighted by Crippen LogP contribution is -2.32. The molecule has 17 heavy (non-hydrogen) atoms. The summed E-state index contributed by atoms with van der Waals surface area (Å²) in [6.45, 7) is 3.95. The van der Waals surface area contributed by atoms with Crippen molar-refractivity contribution in [2.45, 2.75) is 45.1 Å². The number of hydrogen-bond donors (Lipinski definition) is 1. The van der Waals surface area contributed by atoms with Crippen LogP contribution in [0.1, 0.15) is 39.0 Å². The highest BCUT2D eigenvalue weighted by Gasteiger charge is 2.26. The van der Waals surface area contributed by atoms with Gasteiger partial charge in [0, 0.05) is 42.1 Å². The molecule has 0 aliphatic heterocycles. The second kappa shape index (κ2) is 9.06. The number of hydrogen-bond acceptors (Lipinski definition) is 3. The van der Waals surface area contributed by atoms with E-state index < -0.39 is 10.8 Å². The summed E-state index contributed by atoms with van der Waals surface area (Å²) in [6.07, 6.45) is 5.99. The summed E-state index contributed by atoms with van der Waals surface area (Å²) in [5.41, 5.74) is 0. The Morgan fingerprint density at radius 3 is 2.88 bits per heavy atom. The fraction of sp³-hybridized carbons (Fsp3) is 1.00. The van der Waals surface area contributed by atoms with Gasteiger partial charge in [0.15, 0.2) is 0 Å². The maximum atomic E-state index is 11.8. The topological polar surface area (TPSA) is 38.3 Å². The molecule has 3 unspecified atom stereocenters. The van der Waals surface area contributed by atoms with Gasteiger partial charge in [-0.3, -0.25) is 4.21 Å². The summed E-state index contributed by atoms with van der Waals surface area (Å²) < 4.78 is 16.7. The van der Waals surface area contributed by atoms with Gasteiger partial charge in [-0.15, -0.1) is 0 Å². The molecule has 4 heteroatoms. The van der Waals surface area contributed by atoms with Crippen molar-refractivity contribution in [1.29, 1.82) is 0 Å². The van der Waals surface area contributed by atoms with Crippen LogP contribution in [0, 0.1) is 5.92 Å². The highest BCUT2D eigenvalue weighted by Crippen LogP contribution is 2.28. The van der Waals surface area contributed by atoms with Crippen LogP contribution in [0.25, 0.3) is 0 Å². The summed E-state index contributed by atoms with van der Waals surface area (Å²) in [5.74, 6) is 2.42. The van der Waals surface area contributed by atoms with Crippen LogP contribution in [0.15, 0.2) is 0 Å². The molecule has 1 N–H and O–H groups in total. The molecule has 0 aromatic heterocycles. The first-order valence-corrected chi connectivity index (χ1v) is 8.34. The Kier molecular flexibility index (Phi) is 8.06. The number of rotatable bonds is 9. The standard InChI is InChI=1S/C13H27NO2S/c1-3-14-13-7-4-6-12(13)8-11-17(15)10-5-9-16-2/h12-14H,3-11H2,1-2H3. The van der Waals surface area contributed by atoms with Gasteiger partial charge >= 0.3 is 0 Å². The van der Waals surface area contributed by atoms with E-state index in [-0.39, 0.29) is 0 Å². The van der Waals surface area contributed by atoms with E-state index >= 15 is 0 Å². The summed E-state index contributed by atoms with van der Waals surface area (Å²) >= 11 is 0. The average Bonchev–Trinajstić information content (AvgIpc) is 2.75. The van der Waals surface area contributed by atoms with Crippen molar-refractivity contribution in [3.05, 3.63) is 0 Å². The van der Waals surface area contributed by atoms with Crippen LogP contribution in [0.4, 0.5) is 0 Å². The molecule has 1 aliphatic carbocycles. The fourth-order valence-corrected chi connectivity index (χ4v) is 3.87. The predicted molar refractivity (Wildman–Crippen MR) is 73.8 cm³/mol. The van der Waals surface area contributed by atoms with Gasteiger partial charge in [-0.25, -0.2) is 0 Å². The van der Waals surface area contributed by atoms with Gasteiger partial charge in [0.25, 0.3) is 0 Å². The van der Waals surface area contributed by atoms with E-state index in [0.717, 1.165) is 43.4 Å². The van der Waals surface area contributed by atoms with Gasteiger partial charge in [0.05, 0.1) is 0 Å². The minimum Gasteiger partial charge on any atom is -0.385 e. The molecule has 102 valence electrons. The number of methoxy groups -OCH3 is 1. The lowest BCUT2D eigenvalue weighted by molar-refractivity contribution is 0.200. The second-order valence-corrected chi connectivity index (χ2v) is 6.53. The smallest absolute Gasteiger partial charge is 0.0471 e. The molecule has 0 saturated heterocycles. The van der Waals surface area contributed by atoms with Crippen LogP contribution in [0.2, 0.25) is 0 Å². The maximum absolute atomic E-state index is 11.8. The third-order valence-corrected chi connectivity index (χ3v) is 5.00. The largest absolute Gasteiger partial charge is 0.385 e. The van der Waals surface area contributed by atoms with Crippen molar-refractivity contribution in [3.8, 4) is 0 Å². The average molecular weight is 261 g/mol. The Bertz CT molecular complexity index is 223. The van der Waals surface area contributed by atoms with Gasteiger partial charge < -0.3 is 10.1 Å². The number of ether oxygens (including phenoxy) is 1. The quantitative estimate of drug-likeness (QED) is 0.645. The summed E-state index contributed by atoms with van der Waals surface area (Å²) in [7, 11) is 1.05. The van der Waals surface area contributed by atoms with Crippen molar-refractivity contribution in [2.24, 2.45) is 5.92 Å². The molecule has 1 rings (SSSR count). The zero-order chi connectivity index (χ0) is 12.5. The normalized spacial score (nSPS) is 26.2. The lowest BCUT2D eigenvalue weighted by Gasteiger charge is -2.19. The summed E-state index contributed by atoms with van der Waals surface area (Å²) in [4.78, 5) is 0. The maximum Gasteiger partial charge on any atom is 0.0471 e. The van der Waals surface area contributed by atoms with E-state index in [1.54, 1.807) is 7.11 Å². The van der Waals surface area contributed by atoms with Crippen molar-refractivity contribution < 1.29 is 8.95 Å². The predicted octanol–water partition coefficient (Wildman–Crippen LogP) is 1.94. The highest BCUT2D eigenvalue weighted by molar-refractivity contribution is 7.84. The first-order chi connectivity index (χ1) is 8.27. The van der Waals surface area contributed by atoms with Crippen LogP contribution in [-0.2, 0) is 15.5 Å². The van der Waals surface area contributed by atoms with Crippen LogP contribution in [0.5, 0.6) is 0 Å². The molecular weight excluding hydrogens is 234 g/mol. The Labute approximate surface area is 108 Å². The zero-order valence-electron chi connectivity index (χ0n) is 11.2. The highest BCUT2D eigenvalue weighted by atomic mass is 32.2. The summed E-state index contributed by atoms with van der Waals surface area (Å²) in [5, 5.41) is 3.55. The SMILES string of the molecule is CCNC1CCCC1CCS(=O)CCCOC. The lowest BCUT2D eigenvalue weighted by atomic mass is 10.0. The van der Waals surface area contributed by atoms with Gasteiger partial charge in [-0.05, 0) is 38.1 Å². The van der Waals surface area contributed by atoms with E-state index in [1.165, 1.54) is 19.3 Å². The second-order valence-electron chi connectivity index (χ2n) is 4.84. The molecule has 3 nitrogen and oxygen atoms in total. The molecule has 0 bridgehead atoms. The molecule has 0 spiro atoms. The molecule has 1 aliphatic rings. The molecule has 1 saturated carbocycles. The third-order valence-electron chi connectivity index (χ3n) is 3.56. The third kappa shape index (κ3) is 5.98. The minimum absolute atomic E-state index is 0.644. The molecule has 1 fully saturated rings. The van der Waals surface area contributed by atoms with Gasteiger partial charge in [-0.1, -0.05) is 13.3 Å². The van der Waals surface area contributed by atoms with Crippen molar-refractivity contribution >= 4 is 10.8 Å². The Morgan fingerprint density at radius 1 is 1.35 bits per heavy atom. The molecule has 0 radical (unpaired) electrons. The Morgan fingerprint density at radius 2 is 2.18 bits per heavy atom.